The van der Waals surface area contributed by atoms with Crippen molar-refractivity contribution < 1.29 is 9.66 Å². The number of nitro groups is 1. The van der Waals surface area contributed by atoms with E-state index in [0.29, 0.717) is 0 Å². The van der Waals surface area contributed by atoms with Gasteiger partial charge in [-0.1, -0.05) is 0 Å². The zero-order chi connectivity index (χ0) is 10.8. The highest BCUT2D eigenvalue weighted by molar-refractivity contribution is 5.36. The van der Waals surface area contributed by atoms with Gasteiger partial charge < -0.3 is 10.5 Å². The third-order valence-corrected chi connectivity index (χ3v) is 2.18. The van der Waals surface area contributed by atoms with Gasteiger partial charge in [0.25, 0.3) is 0 Å². The number of rotatable bonds is 4. The standard InChI is InChI=1S/C7H12N4O3/c1-7(4-8,14-2)6-5(11(12)13)3-9-10-6/h3H,4,8H2,1-2H3,(H,9,10). The van der Waals surface area contributed by atoms with Crippen LogP contribution in [0.2, 0.25) is 0 Å². The number of nitrogens with zero attached hydrogens (tertiary/aromatic N) is 2. The molecular weight excluding hydrogens is 188 g/mol. The molecule has 0 aromatic carbocycles. The van der Waals surface area contributed by atoms with Crippen molar-refractivity contribution >= 4 is 5.69 Å². The zero-order valence-corrected chi connectivity index (χ0v) is 7.98. The Balaban J connectivity index is 3.17. The van der Waals surface area contributed by atoms with E-state index in [4.69, 9.17) is 10.5 Å². The van der Waals surface area contributed by atoms with Gasteiger partial charge in [-0.05, 0) is 6.92 Å². The van der Waals surface area contributed by atoms with E-state index in [1.165, 1.54) is 7.11 Å². The van der Waals surface area contributed by atoms with E-state index in [2.05, 4.69) is 10.2 Å². The molecule has 14 heavy (non-hydrogen) atoms. The molecule has 0 bridgehead atoms. The third kappa shape index (κ3) is 1.59. The van der Waals surface area contributed by atoms with Gasteiger partial charge in [0.2, 0.25) is 0 Å². The number of methoxy groups -OCH3 is 1. The SMILES string of the molecule is COC(C)(CN)c1[nH]ncc1[N+](=O)[O-]. The fourth-order valence-electron chi connectivity index (χ4n) is 1.09. The van der Waals surface area contributed by atoms with Gasteiger partial charge in [0.05, 0.1) is 4.92 Å². The van der Waals surface area contributed by atoms with Crippen LogP contribution < -0.4 is 5.73 Å². The molecule has 0 spiro atoms. The van der Waals surface area contributed by atoms with Crippen molar-refractivity contribution in [3.63, 3.8) is 0 Å². The second kappa shape index (κ2) is 3.72. The molecule has 0 aliphatic carbocycles. The molecule has 7 heteroatoms. The van der Waals surface area contributed by atoms with Crippen LogP contribution >= 0.6 is 0 Å². The normalized spacial score (nSPS) is 15.1. The molecule has 0 saturated heterocycles. The molecule has 78 valence electrons. The van der Waals surface area contributed by atoms with Crippen LogP contribution in [0, 0.1) is 10.1 Å². The summed E-state index contributed by atoms with van der Waals surface area (Å²) in [5.74, 6) is 0. The van der Waals surface area contributed by atoms with Crippen molar-refractivity contribution in [1.29, 1.82) is 0 Å². The topological polar surface area (TPSA) is 107 Å². The highest BCUT2D eigenvalue weighted by Gasteiger charge is 2.34. The Morgan fingerprint density at radius 3 is 2.93 bits per heavy atom. The van der Waals surface area contributed by atoms with Gasteiger partial charge in [-0.15, -0.1) is 0 Å². The van der Waals surface area contributed by atoms with Crippen molar-refractivity contribution in [1.82, 2.24) is 10.2 Å². The number of ether oxygens (including phenoxy) is 1. The maximum atomic E-state index is 10.6. The Labute approximate surface area is 80.4 Å². The minimum absolute atomic E-state index is 0.111. The Hall–Kier alpha value is -1.47. The van der Waals surface area contributed by atoms with Gasteiger partial charge in [0, 0.05) is 13.7 Å². The predicted molar refractivity (Wildman–Crippen MR) is 48.7 cm³/mol. The van der Waals surface area contributed by atoms with Crippen LogP contribution in [0.15, 0.2) is 6.20 Å². The highest BCUT2D eigenvalue weighted by atomic mass is 16.6. The van der Waals surface area contributed by atoms with Crippen LogP contribution in [0.3, 0.4) is 0 Å². The molecule has 1 unspecified atom stereocenters. The monoisotopic (exact) mass is 200 g/mol. The number of hydrogen-bond acceptors (Lipinski definition) is 5. The summed E-state index contributed by atoms with van der Waals surface area (Å²) >= 11 is 0. The average Bonchev–Trinajstić information content (AvgIpc) is 2.65. The summed E-state index contributed by atoms with van der Waals surface area (Å²) < 4.78 is 5.12. The fourth-order valence-corrected chi connectivity index (χ4v) is 1.09. The predicted octanol–water partition coefficient (Wildman–Crippen LogP) is 0.138. The minimum Gasteiger partial charge on any atom is -0.371 e. The molecule has 0 aliphatic rings. The van der Waals surface area contributed by atoms with E-state index < -0.39 is 10.5 Å². The average molecular weight is 200 g/mol. The van der Waals surface area contributed by atoms with Crippen LogP contribution in [0.5, 0.6) is 0 Å². The van der Waals surface area contributed by atoms with E-state index in [1.807, 2.05) is 0 Å². The van der Waals surface area contributed by atoms with Crippen LogP contribution in [-0.4, -0.2) is 28.8 Å². The number of aromatic nitrogens is 2. The molecule has 1 heterocycles. The lowest BCUT2D eigenvalue weighted by molar-refractivity contribution is -0.386. The lowest BCUT2D eigenvalue weighted by Crippen LogP contribution is -2.34. The molecule has 1 aromatic heterocycles. The third-order valence-electron chi connectivity index (χ3n) is 2.18. The molecule has 0 amide bonds. The lowest BCUT2D eigenvalue weighted by atomic mass is 10.0. The molecule has 1 rings (SSSR count). The molecule has 0 aliphatic heterocycles. The number of nitrogens with two attached hydrogens (primary N) is 1. The molecule has 7 nitrogen and oxygen atoms in total. The Morgan fingerprint density at radius 1 is 1.86 bits per heavy atom. The molecule has 0 fully saturated rings. The van der Waals surface area contributed by atoms with Crippen molar-refractivity contribution in [3.8, 4) is 0 Å². The summed E-state index contributed by atoms with van der Waals surface area (Å²) in [6, 6.07) is 0. The first-order chi connectivity index (χ1) is 6.55. The molecule has 0 saturated carbocycles. The molecule has 1 atom stereocenters. The van der Waals surface area contributed by atoms with Gasteiger partial charge >= 0.3 is 5.69 Å². The quantitative estimate of drug-likeness (QED) is 0.531. The van der Waals surface area contributed by atoms with Gasteiger partial charge in [-0.2, -0.15) is 5.10 Å². The second-order valence-electron chi connectivity index (χ2n) is 3.03. The lowest BCUT2D eigenvalue weighted by Gasteiger charge is -2.23. The van der Waals surface area contributed by atoms with E-state index in [9.17, 15) is 10.1 Å². The first kappa shape index (κ1) is 10.6. The summed E-state index contributed by atoms with van der Waals surface area (Å²) in [4.78, 5) is 10.1. The van der Waals surface area contributed by atoms with Crippen LogP contribution in [0.1, 0.15) is 12.6 Å². The molecule has 0 radical (unpaired) electrons. The van der Waals surface area contributed by atoms with Gasteiger partial charge in [0.1, 0.15) is 17.5 Å². The van der Waals surface area contributed by atoms with Crippen LogP contribution in [0.25, 0.3) is 0 Å². The smallest absolute Gasteiger partial charge is 0.312 e. The van der Waals surface area contributed by atoms with E-state index >= 15 is 0 Å². The molecule has 3 N–H and O–H groups in total. The van der Waals surface area contributed by atoms with Crippen LogP contribution in [-0.2, 0) is 10.3 Å². The first-order valence-electron chi connectivity index (χ1n) is 3.98. The van der Waals surface area contributed by atoms with Crippen molar-refractivity contribution in [2.75, 3.05) is 13.7 Å². The summed E-state index contributed by atoms with van der Waals surface area (Å²) in [5.41, 5.74) is 4.75. The highest BCUT2D eigenvalue weighted by Crippen LogP contribution is 2.28. The summed E-state index contributed by atoms with van der Waals surface area (Å²) in [7, 11) is 1.44. The molecule has 1 aromatic rings. The van der Waals surface area contributed by atoms with E-state index in [1.54, 1.807) is 6.92 Å². The minimum atomic E-state index is -0.904. The van der Waals surface area contributed by atoms with Crippen LogP contribution in [0.4, 0.5) is 5.69 Å². The van der Waals surface area contributed by atoms with Crippen molar-refractivity contribution in [2.24, 2.45) is 5.73 Å². The maximum Gasteiger partial charge on any atom is 0.312 e. The largest absolute Gasteiger partial charge is 0.371 e. The van der Waals surface area contributed by atoms with Gasteiger partial charge in [-0.3, -0.25) is 15.2 Å². The Morgan fingerprint density at radius 2 is 2.50 bits per heavy atom. The van der Waals surface area contributed by atoms with E-state index in [0.717, 1.165) is 6.20 Å². The summed E-state index contributed by atoms with van der Waals surface area (Å²) in [6.07, 6.45) is 1.14. The number of hydrogen-bond donors (Lipinski definition) is 2. The van der Waals surface area contributed by atoms with Gasteiger partial charge in [-0.25, -0.2) is 0 Å². The Bertz CT molecular complexity index is 331. The van der Waals surface area contributed by atoms with Gasteiger partial charge in [0.15, 0.2) is 0 Å². The second-order valence-corrected chi connectivity index (χ2v) is 3.03. The van der Waals surface area contributed by atoms with Crippen molar-refractivity contribution in [2.45, 2.75) is 12.5 Å². The molecular formula is C7H12N4O3. The number of nitrogens with one attached hydrogen (secondary N) is 1. The maximum absolute atomic E-state index is 10.6. The first-order valence-corrected chi connectivity index (χ1v) is 3.98. The summed E-state index contributed by atoms with van der Waals surface area (Å²) in [5, 5.41) is 16.7. The summed E-state index contributed by atoms with van der Waals surface area (Å²) in [6.45, 7) is 1.79. The number of H-pyrrole nitrogens is 1. The van der Waals surface area contributed by atoms with Crippen molar-refractivity contribution in [3.05, 3.63) is 22.0 Å². The van der Waals surface area contributed by atoms with E-state index in [-0.39, 0.29) is 17.9 Å². The zero-order valence-electron chi connectivity index (χ0n) is 7.98. The fraction of sp³-hybridized carbons (Fsp3) is 0.571. The Kier molecular flexibility index (Phi) is 2.82. The number of aromatic amines is 1.